The quantitative estimate of drug-likeness (QED) is 0.175. The van der Waals surface area contributed by atoms with E-state index < -0.39 is 9.53 Å². The van der Waals surface area contributed by atoms with E-state index in [1.807, 2.05) is 13.8 Å². The van der Waals surface area contributed by atoms with Gasteiger partial charge >= 0.3 is 9.53 Å². The first kappa shape index (κ1) is 29.1. The van der Waals surface area contributed by atoms with Gasteiger partial charge in [-0.3, -0.25) is 4.79 Å². The summed E-state index contributed by atoms with van der Waals surface area (Å²) in [7, 11) is -2.06. The topological polar surface area (TPSA) is 48.0 Å². The van der Waals surface area contributed by atoms with Gasteiger partial charge in [-0.25, -0.2) is 0 Å². The number of unbranched alkanes of at least 4 members (excludes halogenated alkanes) is 4. The van der Waals surface area contributed by atoms with Crippen LogP contribution in [0.15, 0.2) is 0 Å². The number of carbonyl (C=O) groups is 1. The molecule has 0 spiro atoms. The van der Waals surface area contributed by atoms with E-state index in [4.69, 9.17) is 13.3 Å². The molecule has 0 amide bonds. The molecule has 0 bridgehead atoms. The minimum atomic E-state index is -2.06. The van der Waals surface area contributed by atoms with Crippen molar-refractivity contribution >= 4 is 26.4 Å². The first-order chi connectivity index (χ1) is 14.1. The van der Waals surface area contributed by atoms with Crippen molar-refractivity contribution in [2.75, 3.05) is 38.6 Å². The van der Waals surface area contributed by atoms with Crippen molar-refractivity contribution in [1.82, 2.24) is 4.90 Å². The Balaban J connectivity index is 4.28. The summed E-state index contributed by atoms with van der Waals surface area (Å²) in [6, 6.07) is 0. The lowest BCUT2D eigenvalue weighted by Crippen LogP contribution is -2.35. The van der Waals surface area contributed by atoms with Crippen molar-refractivity contribution in [2.24, 2.45) is 0 Å². The molecule has 174 valence electrons. The van der Waals surface area contributed by atoms with Gasteiger partial charge in [0.1, 0.15) is 0 Å². The van der Waals surface area contributed by atoms with Gasteiger partial charge in [-0.15, -0.1) is 0 Å². The van der Waals surface area contributed by atoms with Crippen molar-refractivity contribution < 1.29 is 18.1 Å². The maximum absolute atomic E-state index is 12.1. The molecule has 5 nitrogen and oxygen atoms in total. The molecule has 0 aliphatic rings. The van der Waals surface area contributed by atoms with Crippen LogP contribution < -0.4 is 0 Å². The average Bonchev–Trinajstić information content (AvgIpc) is 2.71. The van der Waals surface area contributed by atoms with Crippen LogP contribution in [-0.4, -0.2) is 64.2 Å². The molecule has 0 rings (SSSR count). The van der Waals surface area contributed by atoms with Crippen molar-refractivity contribution in [3.8, 4) is 0 Å². The fourth-order valence-corrected chi connectivity index (χ4v) is 5.36. The molecule has 0 aromatic carbocycles. The van der Waals surface area contributed by atoms with E-state index in [2.05, 4.69) is 25.7 Å². The van der Waals surface area contributed by atoms with Crippen LogP contribution in [0.4, 0.5) is 0 Å². The molecule has 0 aliphatic heterocycles. The van der Waals surface area contributed by atoms with E-state index in [1.165, 1.54) is 37.4 Å². The van der Waals surface area contributed by atoms with E-state index in [9.17, 15) is 4.79 Å². The molecule has 0 N–H and O–H groups in total. The third-order valence-electron chi connectivity index (χ3n) is 4.99. The Morgan fingerprint density at radius 3 is 2.14 bits per heavy atom. The number of thioether (sulfide) groups is 1. The molecule has 0 heterocycles. The lowest BCUT2D eigenvalue weighted by atomic mass is 10.1. The van der Waals surface area contributed by atoms with E-state index in [1.54, 1.807) is 0 Å². The number of hydrogen-bond acceptors (Lipinski definition) is 6. The van der Waals surface area contributed by atoms with Crippen LogP contribution >= 0.6 is 11.8 Å². The molecule has 7 heteroatoms. The molecule has 0 aromatic rings. The monoisotopic (exact) mass is 449 g/mol. The molecule has 0 fully saturated rings. The summed E-state index contributed by atoms with van der Waals surface area (Å²) in [5.74, 6) is 0.883. The van der Waals surface area contributed by atoms with Crippen molar-refractivity contribution in [3.05, 3.63) is 0 Å². The molecule has 0 aliphatic carbocycles. The SMILES string of the molecule is CCCCCCCC(=O)SCCCC(CCN(CC)CC)O[SiH](OCC)OCC. The van der Waals surface area contributed by atoms with Gasteiger partial charge in [0.2, 0.25) is 0 Å². The molecule has 0 aromatic heterocycles. The molecule has 0 radical (unpaired) electrons. The predicted octanol–water partition coefficient (Wildman–Crippen LogP) is 5.29. The van der Waals surface area contributed by atoms with Crippen LogP contribution in [0, 0.1) is 0 Å². The molecule has 0 saturated heterocycles. The van der Waals surface area contributed by atoms with Gasteiger partial charge in [0, 0.05) is 31.9 Å². The standard InChI is InChI=1S/C22H47NO4SSi/c1-6-11-12-13-14-17-22(24)28-20-15-16-21(18-19-23(7-2)8-3)27-29(25-9-4)26-10-5/h21,29H,6-20H2,1-5H3. The second-order valence-electron chi connectivity index (χ2n) is 7.30. The first-order valence-corrected chi connectivity index (χ1v) is 14.3. The van der Waals surface area contributed by atoms with E-state index in [-0.39, 0.29) is 6.10 Å². The molecule has 1 unspecified atom stereocenters. The summed E-state index contributed by atoms with van der Waals surface area (Å²) in [6.45, 7) is 15.0. The smallest absolute Gasteiger partial charge is 0.376 e. The van der Waals surface area contributed by atoms with Gasteiger partial charge in [0.25, 0.3) is 0 Å². The second kappa shape index (κ2) is 21.3. The molecule has 1 atom stereocenters. The normalized spacial score (nSPS) is 12.8. The summed E-state index contributed by atoms with van der Waals surface area (Å²) in [6.07, 6.45) is 9.82. The minimum Gasteiger partial charge on any atom is -0.376 e. The van der Waals surface area contributed by atoms with Crippen LogP contribution in [0.2, 0.25) is 0 Å². The van der Waals surface area contributed by atoms with Crippen LogP contribution in [0.25, 0.3) is 0 Å². The third kappa shape index (κ3) is 17.5. The Hall–Kier alpha value is 0.0769. The summed E-state index contributed by atoms with van der Waals surface area (Å²) < 4.78 is 17.7. The Bertz CT molecular complexity index is 367. The minimum absolute atomic E-state index is 0.148. The Morgan fingerprint density at radius 2 is 1.55 bits per heavy atom. The van der Waals surface area contributed by atoms with E-state index in [0.29, 0.717) is 18.3 Å². The highest BCUT2D eigenvalue weighted by Gasteiger charge is 2.21. The maximum atomic E-state index is 12.1. The summed E-state index contributed by atoms with van der Waals surface area (Å²) in [4.78, 5) is 14.5. The van der Waals surface area contributed by atoms with Crippen molar-refractivity contribution in [3.63, 3.8) is 0 Å². The molecular weight excluding hydrogens is 402 g/mol. The van der Waals surface area contributed by atoms with E-state index in [0.717, 1.165) is 57.5 Å². The highest BCUT2D eigenvalue weighted by atomic mass is 32.2. The zero-order chi connectivity index (χ0) is 21.7. The van der Waals surface area contributed by atoms with Gasteiger partial charge in [-0.1, -0.05) is 58.2 Å². The average molecular weight is 450 g/mol. The first-order valence-electron chi connectivity index (χ1n) is 11.9. The van der Waals surface area contributed by atoms with Gasteiger partial charge in [0.05, 0.1) is 6.10 Å². The fourth-order valence-electron chi connectivity index (χ4n) is 3.14. The molecule has 0 saturated carbocycles. The lowest BCUT2D eigenvalue weighted by Gasteiger charge is -2.26. The number of nitrogens with zero attached hydrogens (tertiary/aromatic N) is 1. The summed E-state index contributed by atoms with van der Waals surface area (Å²) in [5, 5.41) is 0.345. The van der Waals surface area contributed by atoms with Crippen LogP contribution in [0.3, 0.4) is 0 Å². The number of hydrogen-bond donors (Lipinski definition) is 0. The number of rotatable bonds is 21. The van der Waals surface area contributed by atoms with Gasteiger partial charge in [-0.05, 0) is 52.6 Å². The second-order valence-corrected chi connectivity index (χ2v) is 9.97. The molecular formula is C22H47NO4SSi. The van der Waals surface area contributed by atoms with Gasteiger partial charge in [-0.2, -0.15) is 0 Å². The van der Waals surface area contributed by atoms with Crippen LogP contribution in [0.1, 0.15) is 92.4 Å². The predicted molar refractivity (Wildman–Crippen MR) is 128 cm³/mol. The van der Waals surface area contributed by atoms with Crippen LogP contribution in [-0.2, 0) is 18.1 Å². The number of carbonyl (C=O) groups excluding carboxylic acids is 1. The summed E-state index contributed by atoms with van der Waals surface area (Å²) >= 11 is 1.50. The maximum Gasteiger partial charge on any atom is 0.484 e. The lowest BCUT2D eigenvalue weighted by molar-refractivity contribution is -0.111. The third-order valence-corrected chi connectivity index (χ3v) is 7.83. The fraction of sp³-hybridized carbons (Fsp3) is 0.955. The van der Waals surface area contributed by atoms with Crippen LogP contribution in [0.5, 0.6) is 0 Å². The van der Waals surface area contributed by atoms with Crippen molar-refractivity contribution in [1.29, 1.82) is 0 Å². The Morgan fingerprint density at radius 1 is 0.897 bits per heavy atom. The zero-order valence-corrected chi connectivity index (χ0v) is 21.7. The van der Waals surface area contributed by atoms with E-state index >= 15 is 0 Å². The van der Waals surface area contributed by atoms with Gasteiger partial charge < -0.3 is 18.2 Å². The Kier molecular flexibility index (Phi) is 21.4. The summed E-state index contributed by atoms with van der Waals surface area (Å²) in [5.41, 5.74) is 0. The Labute approximate surface area is 186 Å². The largest absolute Gasteiger partial charge is 0.484 e. The highest BCUT2D eigenvalue weighted by Crippen LogP contribution is 2.17. The van der Waals surface area contributed by atoms with Gasteiger partial charge in [0.15, 0.2) is 5.12 Å². The van der Waals surface area contributed by atoms with Crippen molar-refractivity contribution in [2.45, 2.75) is 98.5 Å². The molecule has 29 heavy (non-hydrogen) atoms. The highest BCUT2D eigenvalue weighted by molar-refractivity contribution is 8.13. The zero-order valence-electron chi connectivity index (χ0n) is 19.7.